The molecule has 1 aliphatic heterocycles. The predicted octanol–water partition coefficient (Wildman–Crippen LogP) is 2.23. The standard InChI is InChI=1S/C20H18N6O2/c27-19(17-12-26-9-4-8-21-20(26)22-17)25-10-7-16-15(11-25)18(24-23-16)13-28-14-5-2-1-3-6-14/h1-6,8-9,12H,7,10-11,13H2,(H,23,24). The van der Waals surface area contributed by atoms with Gasteiger partial charge >= 0.3 is 0 Å². The van der Waals surface area contributed by atoms with Gasteiger partial charge in [-0.1, -0.05) is 18.2 Å². The number of fused-ring (bicyclic) bond motifs is 2. The van der Waals surface area contributed by atoms with Crippen LogP contribution in [0.5, 0.6) is 5.75 Å². The van der Waals surface area contributed by atoms with Crippen LogP contribution < -0.4 is 4.74 Å². The van der Waals surface area contributed by atoms with Crippen LogP contribution >= 0.6 is 0 Å². The van der Waals surface area contributed by atoms with Gasteiger partial charge in [-0.15, -0.1) is 0 Å². The van der Waals surface area contributed by atoms with Crippen molar-refractivity contribution in [1.82, 2.24) is 29.5 Å². The van der Waals surface area contributed by atoms with E-state index in [-0.39, 0.29) is 5.91 Å². The Morgan fingerprint density at radius 2 is 2.11 bits per heavy atom. The van der Waals surface area contributed by atoms with Crippen molar-refractivity contribution >= 4 is 11.7 Å². The van der Waals surface area contributed by atoms with Gasteiger partial charge in [0.15, 0.2) is 0 Å². The number of hydrogen-bond donors (Lipinski definition) is 1. The van der Waals surface area contributed by atoms with Crippen molar-refractivity contribution in [3.8, 4) is 5.75 Å². The van der Waals surface area contributed by atoms with Crippen LogP contribution in [-0.2, 0) is 19.6 Å². The molecule has 0 radical (unpaired) electrons. The van der Waals surface area contributed by atoms with Crippen molar-refractivity contribution < 1.29 is 9.53 Å². The SMILES string of the molecule is O=C(c1cn2cccnc2n1)N1CCc2[nH]nc(COc3ccccc3)c2C1. The van der Waals surface area contributed by atoms with Crippen LogP contribution in [0.1, 0.15) is 27.4 Å². The van der Waals surface area contributed by atoms with Crippen LogP contribution in [0.2, 0.25) is 0 Å². The summed E-state index contributed by atoms with van der Waals surface area (Å²) in [4.78, 5) is 23.3. The number of aromatic nitrogens is 5. The largest absolute Gasteiger partial charge is 0.487 e. The van der Waals surface area contributed by atoms with E-state index in [0.29, 0.717) is 31.2 Å². The molecule has 1 aliphatic rings. The molecule has 5 rings (SSSR count). The maximum atomic E-state index is 13.0. The number of para-hydroxylation sites is 1. The second-order valence-electron chi connectivity index (χ2n) is 6.66. The van der Waals surface area contributed by atoms with Crippen molar-refractivity contribution in [2.45, 2.75) is 19.6 Å². The highest BCUT2D eigenvalue weighted by molar-refractivity contribution is 5.92. The van der Waals surface area contributed by atoms with Crippen molar-refractivity contribution in [3.05, 3.63) is 77.6 Å². The summed E-state index contributed by atoms with van der Waals surface area (Å²) in [5.41, 5.74) is 3.31. The van der Waals surface area contributed by atoms with E-state index in [1.807, 2.05) is 36.5 Å². The summed E-state index contributed by atoms with van der Waals surface area (Å²) in [6.45, 7) is 1.46. The summed E-state index contributed by atoms with van der Waals surface area (Å²) >= 11 is 0. The smallest absolute Gasteiger partial charge is 0.274 e. The van der Waals surface area contributed by atoms with Gasteiger partial charge in [-0.25, -0.2) is 9.97 Å². The fraction of sp³-hybridized carbons (Fsp3) is 0.200. The number of amides is 1. The first-order valence-corrected chi connectivity index (χ1v) is 9.10. The summed E-state index contributed by atoms with van der Waals surface area (Å²) in [6, 6.07) is 11.4. The topological polar surface area (TPSA) is 88.4 Å². The molecule has 8 heteroatoms. The van der Waals surface area contributed by atoms with E-state index in [9.17, 15) is 4.79 Å². The van der Waals surface area contributed by atoms with Crippen LogP contribution in [0.3, 0.4) is 0 Å². The third-order valence-corrected chi connectivity index (χ3v) is 4.88. The van der Waals surface area contributed by atoms with Gasteiger partial charge in [0.1, 0.15) is 23.7 Å². The predicted molar refractivity (Wildman–Crippen MR) is 101 cm³/mol. The Morgan fingerprint density at radius 3 is 2.96 bits per heavy atom. The molecule has 140 valence electrons. The molecule has 0 bridgehead atoms. The maximum Gasteiger partial charge on any atom is 0.274 e. The molecule has 4 aromatic rings. The zero-order valence-corrected chi connectivity index (χ0v) is 15.1. The highest BCUT2D eigenvalue weighted by Crippen LogP contribution is 2.23. The molecule has 0 aliphatic carbocycles. The number of carbonyl (C=O) groups is 1. The average Bonchev–Trinajstić information content (AvgIpc) is 3.36. The first-order chi connectivity index (χ1) is 13.8. The third-order valence-electron chi connectivity index (χ3n) is 4.88. The maximum absolute atomic E-state index is 13.0. The quantitative estimate of drug-likeness (QED) is 0.592. The van der Waals surface area contributed by atoms with Gasteiger partial charge in [0.2, 0.25) is 5.78 Å². The summed E-state index contributed by atoms with van der Waals surface area (Å²) in [5, 5.41) is 7.48. The molecule has 0 unspecified atom stereocenters. The highest BCUT2D eigenvalue weighted by Gasteiger charge is 2.27. The molecule has 1 amide bonds. The van der Waals surface area contributed by atoms with Crippen molar-refractivity contribution in [3.63, 3.8) is 0 Å². The van der Waals surface area contributed by atoms with Gasteiger partial charge in [-0.2, -0.15) is 5.10 Å². The number of hydrogen-bond acceptors (Lipinski definition) is 5. The van der Waals surface area contributed by atoms with E-state index in [4.69, 9.17) is 4.74 Å². The van der Waals surface area contributed by atoms with Gasteiger partial charge in [0.25, 0.3) is 5.91 Å². The molecule has 28 heavy (non-hydrogen) atoms. The summed E-state index contributed by atoms with van der Waals surface area (Å²) in [6.07, 6.45) is 5.93. The third kappa shape index (κ3) is 2.98. The van der Waals surface area contributed by atoms with Gasteiger partial charge in [0.05, 0.1) is 0 Å². The number of H-pyrrole nitrogens is 1. The van der Waals surface area contributed by atoms with Gasteiger partial charge in [-0.05, 0) is 18.2 Å². The van der Waals surface area contributed by atoms with E-state index in [2.05, 4.69) is 20.2 Å². The van der Waals surface area contributed by atoms with Crippen molar-refractivity contribution in [2.75, 3.05) is 6.54 Å². The number of benzene rings is 1. The molecule has 4 heterocycles. The zero-order chi connectivity index (χ0) is 18.9. The Bertz CT molecular complexity index is 1100. The lowest BCUT2D eigenvalue weighted by molar-refractivity contribution is 0.0728. The molecule has 0 saturated heterocycles. The minimum atomic E-state index is -0.104. The van der Waals surface area contributed by atoms with Crippen molar-refractivity contribution in [1.29, 1.82) is 0 Å². The Kier molecular flexibility index (Phi) is 4.01. The molecule has 3 aromatic heterocycles. The van der Waals surface area contributed by atoms with E-state index in [1.165, 1.54) is 0 Å². The molecule has 0 saturated carbocycles. The van der Waals surface area contributed by atoms with E-state index in [0.717, 1.165) is 29.1 Å². The number of imidazole rings is 1. The van der Waals surface area contributed by atoms with E-state index >= 15 is 0 Å². The number of rotatable bonds is 4. The Hall–Kier alpha value is -3.68. The van der Waals surface area contributed by atoms with Gasteiger partial charge < -0.3 is 9.64 Å². The lowest BCUT2D eigenvalue weighted by Gasteiger charge is -2.26. The lowest BCUT2D eigenvalue weighted by atomic mass is 10.1. The zero-order valence-electron chi connectivity index (χ0n) is 15.1. The van der Waals surface area contributed by atoms with E-state index < -0.39 is 0 Å². The van der Waals surface area contributed by atoms with Crippen molar-refractivity contribution in [2.24, 2.45) is 0 Å². The first kappa shape index (κ1) is 16.5. The minimum absolute atomic E-state index is 0.104. The molecular weight excluding hydrogens is 356 g/mol. The fourth-order valence-electron chi connectivity index (χ4n) is 3.41. The second-order valence-corrected chi connectivity index (χ2v) is 6.66. The Morgan fingerprint density at radius 1 is 1.21 bits per heavy atom. The van der Waals surface area contributed by atoms with Crippen LogP contribution in [0.4, 0.5) is 0 Å². The summed E-state index contributed by atoms with van der Waals surface area (Å²) in [7, 11) is 0. The molecule has 0 atom stereocenters. The lowest BCUT2D eigenvalue weighted by Crippen LogP contribution is -2.36. The number of ether oxygens (including phenoxy) is 1. The molecular formula is C20H18N6O2. The summed E-state index contributed by atoms with van der Waals surface area (Å²) < 4.78 is 7.58. The Balaban J connectivity index is 1.34. The summed E-state index contributed by atoms with van der Waals surface area (Å²) in [5.74, 6) is 1.20. The molecule has 8 nitrogen and oxygen atoms in total. The second kappa shape index (κ2) is 6.80. The molecule has 0 spiro atoms. The fourth-order valence-corrected chi connectivity index (χ4v) is 3.41. The Labute approximate surface area is 160 Å². The number of nitrogens with zero attached hydrogens (tertiary/aromatic N) is 5. The molecule has 1 N–H and O–H groups in total. The molecule has 0 fully saturated rings. The number of carbonyl (C=O) groups excluding carboxylic acids is 1. The number of aromatic amines is 1. The highest BCUT2D eigenvalue weighted by atomic mass is 16.5. The van der Waals surface area contributed by atoms with Crippen LogP contribution in [-0.4, -0.2) is 41.9 Å². The minimum Gasteiger partial charge on any atom is -0.487 e. The normalized spacial score (nSPS) is 13.5. The number of nitrogens with one attached hydrogen (secondary N) is 1. The van der Waals surface area contributed by atoms with Gasteiger partial charge in [-0.3, -0.25) is 14.3 Å². The van der Waals surface area contributed by atoms with Crippen LogP contribution in [0, 0.1) is 0 Å². The first-order valence-electron chi connectivity index (χ1n) is 9.10. The van der Waals surface area contributed by atoms with E-state index in [1.54, 1.807) is 27.8 Å². The molecule has 1 aromatic carbocycles. The average molecular weight is 374 g/mol. The van der Waals surface area contributed by atoms with Crippen LogP contribution in [0.25, 0.3) is 5.78 Å². The van der Waals surface area contributed by atoms with Gasteiger partial charge in [0, 0.05) is 49.4 Å². The van der Waals surface area contributed by atoms with Crippen LogP contribution in [0.15, 0.2) is 55.0 Å². The monoisotopic (exact) mass is 374 g/mol.